The van der Waals surface area contributed by atoms with Crippen molar-refractivity contribution in [3.05, 3.63) is 23.0 Å². The van der Waals surface area contributed by atoms with E-state index in [0.717, 1.165) is 0 Å². The molecule has 1 aliphatic heterocycles. The molecule has 5 heteroatoms. The lowest BCUT2D eigenvalue weighted by molar-refractivity contribution is -0.155. The fourth-order valence-electron chi connectivity index (χ4n) is 1.54. The lowest BCUT2D eigenvalue weighted by atomic mass is 10.2. The highest BCUT2D eigenvalue weighted by atomic mass is 35.5. The van der Waals surface area contributed by atoms with Gasteiger partial charge in [-0.05, 0) is 38.5 Å². The summed E-state index contributed by atoms with van der Waals surface area (Å²) in [5.74, 6) is -0.638. The Kier molecular flexibility index (Phi) is 4.67. The smallest absolute Gasteiger partial charge is 0.309 e. The highest BCUT2D eigenvalue weighted by Crippen LogP contribution is 2.52. The molecule has 102 valence electrons. The maximum Gasteiger partial charge on any atom is 0.309 e. The molecule has 0 N–H and O–H groups in total. The molecule has 3 nitrogen and oxygen atoms in total. The number of carbonyl (C=O) groups excluding carboxylic acids is 2. The van der Waals surface area contributed by atoms with Gasteiger partial charge in [-0.3, -0.25) is 9.59 Å². The topological polar surface area (TPSA) is 43.4 Å². The van der Waals surface area contributed by atoms with Gasteiger partial charge in [-0.15, -0.1) is 0 Å². The molecule has 0 amide bonds. The van der Waals surface area contributed by atoms with Crippen LogP contribution in [0.4, 0.5) is 0 Å². The summed E-state index contributed by atoms with van der Waals surface area (Å²) >= 11 is 6.38. The Balaban J connectivity index is 2.81. The van der Waals surface area contributed by atoms with Gasteiger partial charge in [-0.2, -0.15) is 10.9 Å². The Morgan fingerprint density at radius 2 is 1.72 bits per heavy atom. The number of Topliss-reactive ketones (excluding diaryl/α,β-unsaturated/α-hetero) is 1. The molecule has 18 heavy (non-hydrogen) atoms. The fraction of sp³-hybridized carbons (Fsp3) is 0.538. The molecule has 0 aromatic rings. The molecule has 1 heterocycles. The monoisotopic (exact) mass is 290 g/mol. The Morgan fingerprint density at radius 3 is 2.11 bits per heavy atom. The third kappa shape index (κ3) is 3.89. The van der Waals surface area contributed by atoms with Crippen molar-refractivity contribution in [3.63, 3.8) is 0 Å². The van der Waals surface area contributed by atoms with Crippen molar-refractivity contribution in [3.8, 4) is 0 Å². The third-order valence-corrected chi connectivity index (χ3v) is 5.62. The van der Waals surface area contributed by atoms with Gasteiger partial charge >= 0.3 is 5.97 Å². The number of hydrogen-bond acceptors (Lipinski definition) is 3. The fourth-order valence-corrected chi connectivity index (χ4v) is 3.80. The summed E-state index contributed by atoms with van der Waals surface area (Å²) in [7, 11) is -0.950. The average molecular weight is 291 g/mol. The van der Waals surface area contributed by atoms with Crippen LogP contribution in [0.25, 0.3) is 0 Å². The van der Waals surface area contributed by atoms with Crippen molar-refractivity contribution >= 4 is 34.2 Å². The van der Waals surface area contributed by atoms with Crippen molar-refractivity contribution in [2.75, 3.05) is 0 Å². The van der Waals surface area contributed by atoms with E-state index in [-0.39, 0.29) is 12.2 Å². The SMILES string of the molecule is CC(=O)C(Cl)(CC(=O)OC(C)(C)C)[SH]1C=CC=C1. The number of rotatable bonds is 4. The Morgan fingerprint density at radius 1 is 1.22 bits per heavy atom. The molecule has 0 bridgehead atoms. The molecule has 0 saturated carbocycles. The minimum atomic E-state index is -1.18. The first-order chi connectivity index (χ1) is 8.15. The van der Waals surface area contributed by atoms with Gasteiger partial charge in [0.1, 0.15) is 9.81 Å². The second-order valence-electron chi connectivity index (χ2n) is 5.17. The van der Waals surface area contributed by atoms with E-state index in [2.05, 4.69) is 0 Å². The number of carbonyl (C=O) groups is 2. The van der Waals surface area contributed by atoms with Crippen LogP contribution in [0, 0.1) is 0 Å². The minimum absolute atomic E-state index is 0.0957. The van der Waals surface area contributed by atoms with Crippen LogP contribution in [0.1, 0.15) is 34.1 Å². The maximum atomic E-state index is 11.8. The van der Waals surface area contributed by atoms with Gasteiger partial charge in [0.05, 0.1) is 6.42 Å². The van der Waals surface area contributed by atoms with Crippen LogP contribution in [-0.2, 0) is 14.3 Å². The average Bonchev–Trinajstić information content (AvgIpc) is 2.66. The minimum Gasteiger partial charge on any atom is -0.460 e. The highest BCUT2D eigenvalue weighted by molar-refractivity contribution is 8.25. The van der Waals surface area contributed by atoms with E-state index < -0.39 is 26.7 Å². The Bertz CT molecular complexity index is 397. The van der Waals surface area contributed by atoms with Crippen LogP contribution in [0.15, 0.2) is 23.0 Å². The quantitative estimate of drug-likeness (QED) is 0.491. The first-order valence-corrected chi connectivity index (χ1v) is 7.56. The summed E-state index contributed by atoms with van der Waals surface area (Å²) in [4.78, 5) is 23.6. The van der Waals surface area contributed by atoms with Crippen molar-refractivity contribution in [2.45, 2.75) is 43.9 Å². The second kappa shape index (κ2) is 5.49. The Hall–Kier alpha value is -0.740. The molecule has 0 aromatic heterocycles. The van der Waals surface area contributed by atoms with E-state index in [1.54, 1.807) is 20.8 Å². The number of thiol groups is 1. The highest BCUT2D eigenvalue weighted by Gasteiger charge is 2.41. The molecule has 1 unspecified atom stereocenters. The second-order valence-corrected chi connectivity index (χ2v) is 8.25. The zero-order chi connectivity index (χ0) is 14.0. The molecule has 1 aliphatic rings. The van der Waals surface area contributed by atoms with Crippen LogP contribution in [0.3, 0.4) is 0 Å². The summed E-state index contributed by atoms with van der Waals surface area (Å²) in [6.45, 7) is 6.78. The van der Waals surface area contributed by atoms with E-state index in [0.29, 0.717) is 0 Å². The van der Waals surface area contributed by atoms with E-state index >= 15 is 0 Å². The predicted molar refractivity (Wildman–Crippen MR) is 77.0 cm³/mol. The van der Waals surface area contributed by atoms with Crippen molar-refractivity contribution in [2.24, 2.45) is 0 Å². The Labute approximate surface area is 116 Å². The van der Waals surface area contributed by atoms with E-state index in [1.807, 2.05) is 23.0 Å². The van der Waals surface area contributed by atoms with Crippen molar-refractivity contribution in [1.29, 1.82) is 0 Å². The van der Waals surface area contributed by atoms with Gasteiger partial charge in [-0.1, -0.05) is 23.8 Å². The number of ketones is 1. The molecular weight excluding hydrogens is 272 g/mol. The van der Waals surface area contributed by atoms with Gasteiger partial charge in [0.2, 0.25) is 0 Å². The number of ether oxygens (including phenoxy) is 1. The summed E-state index contributed by atoms with van der Waals surface area (Å²) in [5, 5.41) is 3.77. The van der Waals surface area contributed by atoms with E-state index in [9.17, 15) is 9.59 Å². The van der Waals surface area contributed by atoms with Crippen molar-refractivity contribution in [1.82, 2.24) is 0 Å². The molecule has 0 aromatic carbocycles. The summed E-state index contributed by atoms with van der Waals surface area (Å²) in [6.07, 6.45) is 3.60. The van der Waals surface area contributed by atoms with Gasteiger partial charge in [0, 0.05) is 0 Å². The lowest BCUT2D eigenvalue weighted by Gasteiger charge is -2.31. The van der Waals surface area contributed by atoms with E-state index in [4.69, 9.17) is 16.3 Å². The molecule has 0 saturated heterocycles. The number of alkyl halides is 1. The van der Waals surface area contributed by atoms with Crippen LogP contribution < -0.4 is 0 Å². The normalized spacial score (nSPS) is 19.7. The molecular formula is C13H19ClO3S. The number of hydrogen-bond donors (Lipinski definition) is 1. The first-order valence-electron chi connectivity index (χ1n) is 5.70. The number of esters is 1. The maximum absolute atomic E-state index is 11.8. The van der Waals surface area contributed by atoms with Gasteiger partial charge in [0.25, 0.3) is 0 Å². The third-order valence-electron chi connectivity index (χ3n) is 2.35. The van der Waals surface area contributed by atoms with Gasteiger partial charge in [0.15, 0.2) is 5.78 Å². The summed E-state index contributed by atoms with van der Waals surface area (Å²) < 4.78 is 4.05. The molecule has 0 radical (unpaired) electrons. The zero-order valence-electron chi connectivity index (χ0n) is 11.1. The van der Waals surface area contributed by atoms with Crippen molar-refractivity contribution < 1.29 is 14.3 Å². The molecule has 1 atom stereocenters. The van der Waals surface area contributed by atoms with Crippen LogP contribution >= 0.6 is 22.5 Å². The van der Waals surface area contributed by atoms with Crippen LogP contribution in [0.2, 0.25) is 0 Å². The number of allylic oxidation sites excluding steroid dienone is 2. The zero-order valence-corrected chi connectivity index (χ0v) is 12.7. The lowest BCUT2D eigenvalue weighted by Crippen LogP contribution is -2.35. The molecule has 0 fully saturated rings. The van der Waals surface area contributed by atoms with Crippen LogP contribution in [-0.4, -0.2) is 21.6 Å². The standard InChI is InChI=1S/C13H19ClO3S/c1-10(15)13(14,18-7-5-6-8-18)9-11(16)17-12(2,3)4/h5-8,18H,9H2,1-4H3. The number of halogens is 1. The largest absolute Gasteiger partial charge is 0.460 e. The van der Waals surface area contributed by atoms with E-state index in [1.165, 1.54) is 6.92 Å². The molecule has 0 aliphatic carbocycles. The molecule has 0 spiro atoms. The van der Waals surface area contributed by atoms with Crippen LogP contribution in [0.5, 0.6) is 0 Å². The first kappa shape index (κ1) is 15.3. The molecule has 1 rings (SSSR count). The summed E-state index contributed by atoms with van der Waals surface area (Å²) in [6, 6.07) is 0. The predicted octanol–water partition coefficient (Wildman–Crippen LogP) is 3.28. The van der Waals surface area contributed by atoms with Gasteiger partial charge in [-0.25, -0.2) is 0 Å². The summed E-state index contributed by atoms with van der Waals surface area (Å²) in [5.41, 5.74) is -0.569. The van der Waals surface area contributed by atoms with Gasteiger partial charge < -0.3 is 4.74 Å².